The van der Waals surface area contributed by atoms with E-state index < -0.39 is 11.9 Å². The number of ketones is 1. The molecule has 0 radical (unpaired) electrons. The van der Waals surface area contributed by atoms with Crippen LogP contribution in [0.2, 0.25) is 0 Å². The summed E-state index contributed by atoms with van der Waals surface area (Å²) in [6.07, 6.45) is -0.265. The molecule has 0 saturated carbocycles. The maximum Gasteiger partial charge on any atom is 0.168 e. The molecule has 1 unspecified atom stereocenters. The molecule has 0 aromatic rings. The van der Waals surface area contributed by atoms with Crippen molar-refractivity contribution in [1.82, 2.24) is 0 Å². The smallest absolute Gasteiger partial charge is 0.168 e. The van der Waals surface area contributed by atoms with Crippen LogP contribution < -0.4 is 0 Å². The lowest BCUT2D eigenvalue weighted by Crippen LogP contribution is -2.20. The van der Waals surface area contributed by atoms with E-state index in [2.05, 4.69) is 0 Å². The van der Waals surface area contributed by atoms with Crippen molar-refractivity contribution in [2.45, 2.75) is 25.4 Å². The van der Waals surface area contributed by atoms with Gasteiger partial charge in [0, 0.05) is 6.61 Å². The number of carbonyl (C=O) groups excluding carboxylic acids is 2. The predicted octanol–water partition coefficient (Wildman–Crippen LogP) is -0.722. The van der Waals surface area contributed by atoms with E-state index in [1.807, 2.05) is 0 Å². The van der Waals surface area contributed by atoms with Crippen molar-refractivity contribution in [3.8, 4) is 0 Å². The third kappa shape index (κ3) is 4.64. The summed E-state index contributed by atoms with van der Waals surface area (Å²) in [6.45, 7) is -0.0502. The Kier molecular flexibility index (Phi) is 5.60. The van der Waals surface area contributed by atoms with Crippen LogP contribution >= 0.6 is 0 Å². The van der Waals surface area contributed by atoms with Crippen molar-refractivity contribution >= 4 is 12.1 Å². The summed E-state index contributed by atoms with van der Waals surface area (Å²) in [6, 6.07) is 0. The molecule has 4 nitrogen and oxygen atoms in total. The van der Waals surface area contributed by atoms with Crippen LogP contribution in [0.5, 0.6) is 0 Å². The molecule has 11 heavy (non-hydrogen) atoms. The lowest BCUT2D eigenvalue weighted by Gasteiger charge is -2.04. The fourth-order valence-electron chi connectivity index (χ4n) is 0.664. The third-order valence-electron chi connectivity index (χ3n) is 1.29. The van der Waals surface area contributed by atoms with Gasteiger partial charge >= 0.3 is 0 Å². The Bertz CT molecular complexity index is 132. The predicted molar refractivity (Wildman–Crippen MR) is 38.0 cm³/mol. The number of aliphatic hydroxyl groups is 2. The highest BCUT2D eigenvalue weighted by molar-refractivity contribution is 5.92. The first-order valence-corrected chi connectivity index (χ1v) is 3.47. The molecule has 64 valence electrons. The summed E-state index contributed by atoms with van der Waals surface area (Å²) >= 11 is 0. The van der Waals surface area contributed by atoms with Crippen LogP contribution in [0.25, 0.3) is 0 Å². The van der Waals surface area contributed by atoms with Gasteiger partial charge in [-0.2, -0.15) is 0 Å². The van der Waals surface area contributed by atoms with Crippen molar-refractivity contribution in [3.05, 3.63) is 0 Å². The van der Waals surface area contributed by atoms with Gasteiger partial charge in [-0.15, -0.1) is 0 Å². The van der Waals surface area contributed by atoms with Gasteiger partial charge in [0.25, 0.3) is 0 Å². The van der Waals surface area contributed by atoms with Crippen LogP contribution in [0.3, 0.4) is 0 Å². The van der Waals surface area contributed by atoms with Crippen LogP contribution in [0.15, 0.2) is 0 Å². The van der Waals surface area contributed by atoms with E-state index >= 15 is 0 Å². The highest BCUT2D eigenvalue weighted by Gasteiger charge is 2.12. The van der Waals surface area contributed by atoms with E-state index in [1.54, 1.807) is 0 Å². The van der Waals surface area contributed by atoms with Crippen molar-refractivity contribution < 1.29 is 19.8 Å². The molecule has 0 rings (SSSR count). The minimum Gasteiger partial charge on any atom is -0.396 e. The van der Waals surface area contributed by atoms with Gasteiger partial charge in [0.05, 0.1) is 6.42 Å². The highest BCUT2D eigenvalue weighted by Crippen LogP contribution is 1.98. The van der Waals surface area contributed by atoms with Crippen molar-refractivity contribution in [2.24, 2.45) is 0 Å². The van der Waals surface area contributed by atoms with E-state index in [-0.39, 0.29) is 19.4 Å². The lowest BCUT2D eigenvalue weighted by molar-refractivity contribution is -0.129. The summed E-state index contributed by atoms with van der Waals surface area (Å²) in [5.41, 5.74) is 0. The number of hydrogen-bond acceptors (Lipinski definition) is 4. The highest BCUT2D eigenvalue weighted by atomic mass is 16.3. The van der Waals surface area contributed by atoms with E-state index in [1.165, 1.54) is 0 Å². The number of aliphatic hydroxyl groups excluding tert-OH is 2. The molecule has 0 saturated heterocycles. The molecule has 0 aromatic carbocycles. The van der Waals surface area contributed by atoms with Crippen LogP contribution in [0.1, 0.15) is 19.3 Å². The minimum absolute atomic E-state index is 0.0502. The first kappa shape index (κ1) is 10.3. The van der Waals surface area contributed by atoms with Gasteiger partial charge in [0.15, 0.2) is 5.78 Å². The summed E-state index contributed by atoms with van der Waals surface area (Å²) in [5.74, 6) is -0.478. The molecule has 0 aromatic heterocycles. The Balaban J connectivity index is 3.54. The molecule has 0 bridgehead atoms. The Morgan fingerprint density at radius 2 is 2.18 bits per heavy atom. The molecule has 0 aliphatic rings. The number of aldehydes is 1. The summed E-state index contributed by atoms with van der Waals surface area (Å²) in [7, 11) is 0. The Labute approximate surface area is 64.8 Å². The molecule has 1 atom stereocenters. The molecular weight excluding hydrogens is 148 g/mol. The van der Waals surface area contributed by atoms with Crippen molar-refractivity contribution in [3.63, 3.8) is 0 Å². The lowest BCUT2D eigenvalue weighted by atomic mass is 10.1. The molecule has 0 aliphatic carbocycles. The molecule has 4 heteroatoms. The molecule has 2 N–H and O–H groups in total. The number of hydrogen-bond donors (Lipinski definition) is 2. The fourth-order valence-corrected chi connectivity index (χ4v) is 0.664. The second kappa shape index (κ2) is 6.00. The van der Waals surface area contributed by atoms with Crippen molar-refractivity contribution in [2.75, 3.05) is 6.61 Å². The zero-order valence-electron chi connectivity index (χ0n) is 6.19. The quantitative estimate of drug-likeness (QED) is 0.397. The zero-order valence-corrected chi connectivity index (χ0v) is 6.19. The Hall–Kier alpha value is -0.740. The van der Waals surface area contributed by atoms with E-state index in [9.17, 15) is 9.59 Å². The van der Waals surface area contributed by atoms with Gasteiger partial charge in [-0.25, -0.2) is 0 Å². The maximum atomic E-state index is 10.7. The maximum absolute atomic E-state index is 10.7. The number of Topliss-reactive ketones (excluding diaryl/α,β-unsaturated/α-hetero) is 1. The van der Waals surface area contributed by atoms with Crippen LogP contribution in [0, 0.1) is 0 Å². The van der Waals surface area contributed by atoms with Gasteiger partial charge in [0.1, 0.15) is 12.4 Å². The standard InChI is InChI=1S/C7H12O4/c8-4-1-2-6(10)7(11)3-5-9/h5-6,8,10H,1-4H2. The number of rotatable bonds is 6. The van der Waals surface area contributed by atoms with E-state index in [0.717, 1.165) is 0 Å². The van der Waals surface area contributed by atoms with Crippen LogP contribution in [-0.4, -0.2) is 35.0 Å². The molecule has 0 aliphatic heterocycles. The van der Waals surface area contributed by atoms with Gasteiger partial charge in [-0.1, -0.05) is 0 Å². The zero-order chi connectivity index (χ0) is 8.69. The van der Waals surface area contributed by atoms with E-state index in [0.29, 0.717) is 12.7 Å². The molecule has 0 spiro atoms. The second-order valence-electron chi connectivity index (χ2n) is 2.22. The van der Waals surface area contributed by atoms with Gasteiger partial charge < -0.3 is 15.0 Å². The fraction of sp³-hybridized carbons (Fsp3) is 0.714. The second-order valence-corrected chi connectivity index (χ2v) is 2.22. The topological polar surface area (TPSA) is 74.6 Å². The first-order valence-electron chi connectivity index (χ1n) is 3.47. The van der Waals surface area contributed by atoms with Gasteiger partial charge in [-0.05, 0) is 12.8 Å². The summed E-state index contributed by atoms with van der Waals surface area (Å²) in [4.78, 5) is 20.5. The monoisotopic (exact) mass is 160 g/mol. The summed E-state index contributed by atoms with van der Waals surface area (Å²) in [5, 5.41) is 17.3. The van der Waals surface area contributed by atoms with Crippen molar-refractivity contribution in [1.29, 1.82) is 0 Å². The normalized spacial score (nSPS) is 12.5. The SMILES string of the molecule is O=CCC(=O)C(O)CCCO. The first-order chi connectivity index (χ1) is 5.22. The molecule has 0 amide bonds. The average molecular weight is 160 g/mol. The largest absolute Gasteiger partial charge is 0.396 e. The van der Waals surface area contributed by atoms with Crippen LogP contribution in [-0.2, 0) is 9.59 Å². The Morgan fingerprint density at radius 3 is 2.64 bits per heavy atom. The third-order valence-corrected chi connectivity index (χ3v) is 1.29. The average Bonchev–Trinajstić information content (AvgIpc) is 2.00. The summed E-state index contributed by atoms with van der Waals surface area (Å²) < 4.78 is 0. The van der Waals surface area contributed by atoms with Gasteiger partial charge in [0.2, 0.25) is 0 Å². The van der Waals surface area contributed by atoms with Crippen LogP contribution in [0.4, 0.5) is 0 Å². The molecular formula is C7H12O4. The molecule has 0 heterocycles. The number of carbonyl (C=O) groups is 2. The van der Waals surface area contributed by atoms with Gasteiger partial charge in [-0.3, -0.25) is 4.79 Å². The Morgan fingerprint density at radius 1 is 1.55 bits per heavy atom. The molecule has 0 fully saturated rings. The minimum atomic E-state index is -1.09. The van der Waals surface area contributed by atoms with E-state index in [4.69, 9.17) is 10.2 Å².